The van der Waals surface area contributed by atoms with Crippen LogP contribution in [0, 0.1) is 5.82 Å². The Hall–Kier alpha value is -1.23. The number of halogens is 2. The van der Waals surface area contributed by atoms with Gasteiger partial charge < -0.3 is 5.73 Å². The monoisotopic (exact) mass is 175 g/mol. The summed E-state index contributed by atoms with van der Waals surface area (Å²) >= 11 is 5.26. The van der Waals surface area contributed by atoms with Crippen molar-refractivity contribution in [3.63, 3.8) is 0 Å². The zero-order valence-corrected chi connectivity index (χ0v) is 5.97. The van der Waals surface area contributed by atoms with Crippen molar-refractivity contribution in [1.29, 1.82) is 0 Å². The molecular weight excluding hydrogens is 173 g/mol. The Bertz CT molecular complexity index is 304. The van der Waals surface area contributed by atoms with Crippen molar-refractivity contribution < 1.29 is 9.18 Å². The van der Waals surface area contributed by atoms with E-state index in [0.717, 1.165) is 6.20 Å². The summed E-state index contributed by atoms with van der Waals surface area (Å²) in [6.45, 7) is 0. The molecule has 1 amide bonds. The molecule has 0 aliphatic heterocycles. The minimum atomic E-state index is -0.966. The average molecular weight is 176 g/mol. The minimum Gasteiger partial charge on any atom is -0.364 e. The first-order chi connectivity index (χ1) is 5.11. The van der Waals surface area contributed by atoms with Crippen molar-refractivity contribution in [2.24, 2.45) is 5.73 Å². The summed E-state index contributed by atoms with van der Waals surface area (Å²) < 4.78 is 12.5. The van der Waals surface area contributed by atoms with Crippen molar-refractivity contribution in [3.05, 3.63) is 23.0 Å². The van der Waals surface area contributed by atoms with E-state index in [-0.39, 0.29) is 5.28 Å². The maximum Gasteiger partial charge on any atom is 0.270 e. The summed E-state index contributed by atoms with van der Waals surface area (Å²) in [5.41, 5.74) is 4.26. The average Bonchev–Trinajstić information content (AvgIpc) is 1.94. The normalized spacial score (nSPS) is 9.64. The lowest BCUT2D eigenvalue weighted by Gasteiger charge is -1.95. The Balaban J connectivity index is 3.23. The van der Waals surface area contributed by atoms with E-state index in [0.29, 0.717) is 0 Å². The van der Waals surface area contributed by atoms with Gasteiger partial charge in [-0.3, -0.25) is 4.79 Å². The van der Waals surface area contributed by atoms with Gasteiger partial charge >= 0.3 is 0 Å². The van der Waals surface area contributed by atoms with Gasteiger partial charge in [0.15, 0.2) is 11.5 Å². The molecule has 2 N–H and O–H groups in total. The molecule has 1 aromatic heterocycles. The highest BCUT2D eigenvalue weighted by Crippen LogP contribution is 2.05. The Morgan fingerprint density at radius 2 is 2.36 bits per heavy atom. The first-order valence-electron chi connectivity index (χ1n) is 2.59. The predicted molar refractivity (Wildman–Crippen MR) is 35.5 cm³/mol. The molecule has 0 fully saturated rings. The number of hydrogen-bond acceptors (Lipinski definition) is 3. The first-order valence-corrected chi connectivity index (χ1v) is 2.97. The van der Waals surface area contributed by atoms with Crippen molar-refractivity contribution in [3.8, 4) is 0 Å². The molecule has 0 spiro atoms. The maximum atomic E-state index is 12.5. The van der Waals surface area contributed by atoms with Crippen LogP contribution in [0.2, 0.25) is 5.28 Å². The SMILES string of the molecule is NC(=O)c1nc(Cl)ncc1F. The summed E-state index contributed by atoms with van der Waals surface area (Å²) in [4.78, 5) is 17.0. The topological polar surface area (TPSA) is 68.9 Å². The van der Waals surface area contributed by atoms with Crippen molar-refractivity contribution in [2.45, 2.75) is 0 Å². The van der Waals surface area contributed by atoms with Gasteiger partial charge in [-0.15, -0.1) is 0 Å². The molecule has 0 aromatic carbocycles. The lowest BCUT2D eigenvalue weighted by Crippen LogP contribution is -2.15. The van der Waals surface area contributed by atoms with Gasteiger partial charge in [-0.2, -0.15) is 0 Å². The molecule has 1 aromatic rings. The lowest BCUT2D eigenvalue weighted by atomic mass is 10.4. The third-order valence-corrected chi connectivity index (χ3v) is 1.13. The number of primary amides is 1. The fourth-order valence-corrected chi connectivity index (χ4v) is 0.652. The molecule has 0 radical (unpaired) electrons. The van der Waals surface area contributed by atoms with Crippen LogP contribution in [0.1, 0.15) is 10.5 Å². The van der Waals surface area contributed by atoms with Crippen molar-refractivity contribution in [2.75, 3.05) is 0 Å². The molecule has 11 heavy (non-hydrogen) atoms. The van der Waals surface area contributed by atoms with Gasteiger partial charge in [-0.25, -0.2) is 14.4 Å². The first kappa shape index (κ1) is 7.87. The van der Waals surface area contributed by atoms with Gasteiger partial charge in [0, 0.05) is 0 Å². The van der Waals surface area contributed by atoms with E-state index in [9.17, 15) is 9.18 Å². The molecule has 0 atom stereocenters. The van der Waals surface area contributed by atoms with E-state index in [1.807, 2.05) is 0 Å². The van der Waals surface area contributed by atoms with Gasteiger partial charge in [0.2, 0.25) is 5.28 Å². The van der Waals surface area contributed by atoms with Crippen molar-refractivity contribution in [1.82, 2.24) is 9.97 Å². The molecule has 0 aliphatic rings. The quantitative estimate of drug-likeness (QED) is 0.627. The molecule has 0 unspecified atom stereocenters. The summed E-state index contributed by atoms with van der Waals surface area (Å²) in [7, 11) is 0. The molecular formula is C5H3ClFN3O. The number of carbonyl (C=O) groups is 1. The van der Waals surface area contributed by atoms with Gasteiger partial charge in [-0.1, -0.05) is 0 Å². The van der Waals surface area contributed by atoms with Crippen LogP contribution in [0.5, 0.6) is 0 Å². The molecule has 1 heterocycles. The van der Waals surface area contributed by atoms with Crippen LogP contribution in [0.4, 0.5) is 4.39 Å². The van der Waals surface area contributed by atoms with Crippen LogP contribution < -0.4 is 5.73 Å². The summed E-state index contributed by atoms with van der Waals surface area (Å²) in [5, 5.41) is -0.208. The Labute approximate surface area is 66.2 Å². The van der Waals surface area contributed by atoms with E-state index >= 15 is 0 Å². The summed E-state index contributed by atoms with van der Waals surface area (Å²) in [6, 6.07) is 0. The molecule has 6 heteroatoms. The number of hydrogen-bond donors (Lipinski definition) is 1. The Morgan fingerprint density at radius 3 is 2.82 bits per heavy atom. The van der Waals surface area contributed by atoms with Crippen LogP contribution >= 0.6 is 11.6 Å². The second-order valence-electron chi connectivity index (χ2n) is 1.70. The van der Waals surface area contributed by atoms with Crippen LogP contribution in [0.3, 0.4) is 0 Å². The lowest BCUT2D eigenvalue weighted by molar-refractivity contribution is 0.0991. The predicted octanol–water partition coefficient (Wildman–Crippen LogP) is 0.368. The third-order valence-electron chi connectivity index (χ3n) is 0.948. The standard InChI is InChI=1S/C5H3ClFN3O/c6-5-9-1-2(7)3(10-5)4(8)11/h1H,(H2,8,11). The van der Waals surface area contributed by atoms with Gasteiger partial charge in [-0.05, 0) is 11.6 Å². The van der Waals surface area contributed by atoms with E-state index in [1.54, 1.807) is 0 Å². The number of nitrogens with two attached hydrogens (primary N) is 1. The molecule has 0 bridgehead atoms. The molecule has 0 saturated carbocycles. The number of rotatable bonds is 1. The smallest absolute Gasteiger partial charge is 0.270 e. The Morgan fingerprint density at radius 1 is 1.73 bits per heavy atom. The zero-order chi connectivity index (χ0) is 8.43. The molecule has 4 nitrogen and oxygen atoms in total. The second-order valence-corrected chi connectivity index (χ2v) is 2.04. The number of carbonyl (C=O) groups excluding carboxylic acids is 1. The highest BCUT2D eigenvalue weighted by Gasteiger charge is 2.10. The van der Waals surface area contributed by atoms with Crippen LogP contribution in [0.15, 0.2) is 6.20 Å². The highest BCUT2D eigenvalue weighted by molar-refractivity contribution is 6.28. The largest absolute Gasteiger partial charge is 0.364 e. The van der Waals surface area contributed by atoms with E-state index < -0.39 is 17.4 Å². The van der Waals surface area contributed by atoms with Gasteiger partial charge in [0.25, 0.3) is 5.91 Å². The van der Waals surface area contributed by atoms with E-state index in [1.165, 1.54) is 0 Å². The molecule has 1 rings (SSSR count). The second kappa shape index (κ2) is 2.79. The van der Waals surface area contributed by atoms with Crippen LogP contribution in [-0.2, 0) is 0 Å². The molecule has 58 valence electrons. The summed E-state index contributed by atoms with van der Waals surface area (Å²) in [5.74, 6) is -1.84. The Kier molecular flexibility index (Phi) is 2.00. The molecule has 0 aliphatic carbocycles. The third kappa shape index (κ3) is 1.62. The highest BCUT2D eigenvalue weighted by atomic mass is 35.5. The van der Waals surface area contributed by atoms with E-state index in [4.69, 9.17) is 17.3 Å². The fraction of sp³-hybridized carbons (Fsp3) is 0. The number of aromatic nitrogens is 2. The van der Waals surface area contributed by atoms with Crippen LogP contribution in [0.25, 0.3) is 0 Å². The zero-order valence-electron chi connectivity index (χ0n) is 5.21. The van der Waals surface area contributed by atoms with Gasteiger partial charge in [0.05, 0.1) is 6.20 Å². The number of amides is 1. The maximum absolute atomic E-state index is 12.5. The van der Waals surface area contributed by atoms with Crippen molar-refractivity contribution >= 4 is 17.5 Å². The fourth-order valence-electron chi connectivity index (χ4n) is 0.518. The van der Waals surface area contributed by atoms with Gasteiger partial charge in [0.1, 0.15) is 0 Å². The summed E-state index contributed by atoms with van der Waals surface area (Å²) in [6.07, 6.45) is 0.787. The molecule has 0 saturated heterocycles. The minimum absolute atomic E-state index is 0.208. The van der Waals surface area contributed by atoms with E-state index in [2.05, 4.69) is 9.97 Å². The van der Waals surface area contributed by atoms with Crippen LogP contribution in [-0.4, -0.2) is 15.9 Å². The number of nitrogens with zero attached hydrogens (tertiary/aromatic N) is 2.